The summed E-state index contributed by atoms with van der Waals surface area (Å²) in [6.07, 6.45) is 5.65. The number of Topliss-reactive ketones (excluding diaryl/α,β-unsaturated/α-hetero) is 1. The summed E-state index contributed by atoms with van der Waals surface area (Å²) in [5.41, 5.74) is 0.654. The molecule has 0 fully saturated rings. The average Bonchev–Trinajstić information content (AvgIpc) is 2.32. The largest absolute Gasteiger partial charge is 0.297 e. The normalized spacial score (nSPS) is 11.8. The zero-order valence-electron chi connectivity index (χ0n) is 11.2. The molecule has 0 amide bonds. The number of carbonyl (C=O) groups excluding carboxylic acids is 1. The van der Waals surface area contributed by atoms with Gasteiger partial charge < -0.3 is 0 Å². The van der Waals surface area contributed by atoms with Crippen LogP contribution in [0.25, 0.3) is 0 Å². The van der Waals surface area contributed by atoms with Crippen LogP contribution in [0.4, 0.5) is 0 Å². The van der Waals surface area contributed by atoms with Crippen molar-refractivity contribution in [2.45, 2.75) is 38.6 Å². The first-order valence-electron chi connectivity index (χ1n) is 6.16. The van der Waals surface area contributed by atoms with Crippen LogP contribution in [-0.4, -0.2) is 35.3 Å². The molecule has 0 aliphatic carbocycles. The lowest BCUT2D eigenvalue weighted by Gasteiger charge is -2.37. The molecule has 1 aromatic heterocycles. The minimum absolute atomic E-state index is 0.278. The first kappa shape index (κ1) is 13.8. The van der Waals surface area contributed by atoms with Gasteiger partial charge in [0.1, 0.15) is 0 Å². The van der Waals surface area contributed by atoms with E-state index in [0.717, 1.165) is 18.4 Å². The number of pyridine rings is 1. The van der Waals surface area contributed by atoms with Gasteiger partial charge in [-0.3, -0.25) is 14.7 Å². The second kappa shape index (κ2) is 5.92. The number of hydrogen-bond acceptors (Lipinski definition) is 3. The Bertz CT molecular complexity index is 356. The highest BCUT2D eigenvalue weighted by atomic mass is 16.1. The fraction of sp³-hybridized carbons (Fsp3) is 0.571. The number of ketones is 1. The second-order valence-electron chi connectivity index (χ2n) is 4.59. The predicted molar refractivity (Wildman–Crippen MR) is 69.9 cm³/mol. The van der Waals surface area contributed by atoms with E-state index in [2.05, 4.69) is 18.8 Å². The maximum atomic E-state index is 12.5. The highest BCUT2D eigenvalue weighted by Crippen LogP contribution is 2.24. The number of nitrogens with zero attached hydrogens (tertiary/aromatic N) is 2. The third-order valence-corrected chi connectivity index (χ3v) is 3.63. The first-order chi connectivity index (χ1) is 8.06. The molecule has 0 N–H and O–H groups in total. The van der Waals surface area contributed by atoms with Crippen molar-refractivity contribution in [1.29, 1.82) is 0 Å². The molecular weight excluding hydrogens is 212 g/mol. The van der Waals surface area contributed by atoms with Gasteiger partial charge in [0.2, 0.25) is 0 Å². The molecule has 0 unspecified atom stereocenters. The Kier molecular flexibility index (Phi) is 4.82. The lowest BCUT2D eigenvalue weighted by atomic mass is 9.84. The summed E-state index contributed by atoms with van der Waals surface area (Å²) >= 11 is 0. The third-order valence-electron chi connectivity index (χ3n) is 3.63. The van der Waals surface area contributed by atoms with Gasteiger partial charge in [0.25, 0.3) is 0 Å². The van der Waals surface area contributed by atoms with Crippen molar-refractivity contribution in [2.75, 3.05) is 14.1 Å². The number of likely N-dealkylation sites (N-methyl/N-ethyl adjacent to an activating group) is 1. The molecule has 3 nitrogen and oxygen atoms in total. The van der Waals surface area contributed by atoms with E-state index in [9.17, 15) is 4.79 Å². The predicted octanol–water partition coefficient (Wildman–Crippen LogP) is 2.31. The van der Waals surface area contributed by atoms with Gasteiger partial charge in [-0.15, -0.1) is 0 Å². The molecule has 0 saturated heterocycles. The number of rotatable bonds is 6. The van der Waals surface area contributed by atoms with Crippen molar-refractivity contribution in [1.82, 2.24) is 9.88 Å². The molecule has 0 saturated carbocycles. The van der Waals surface area contributed by atoms with Crippen molar-refractivity contribution in [3.8, 4) is 0 Å². The van der Waals surface area contributed by atoms with E-state index in [4.69, 9.17) is 0 Å². The van der Waals surface area contributed by atoms with Gasteiger partial charge in [0.15, 0.2) is 5.78 Å². The fourth-order valence-corrected chi connectivity index (χ4v) is 2.38. The summed E-state index contributed by atoms with van der Waals surface area (Å²) < 4.78 is 0. The Hall–Kier alpha value is -1.22. The zero-order valence-corrected chi connectivity index (χ0v) is 11.2. The lowest BCUT2D eigenvalue weighted by molar-refractivity contribution is -0.129. The molecule has 17 heavy (non-hydrogen) atoms. The van der Waals surface area contributed by atoms with E-state index in [0.29, 0.717) is 6.42 Å². The lowest BCUT2D eigenvalue weighted by Crippen LogP contribution is -2.50. The van der Waals surface area contributed by atoms with Crippen LogP contribution in [0.15, 0.2) is 24.5 Å². The quantitative estimate of drug-likeness (QED) is 0.757. The summed E-state index contributed by atoms with van der Waals surface area (Å²) in [5, 5.41) is 0. The van der Waals surface area contributed by atoms with Gasteiger partial charge in [0, 0.05) is 18.8 Å². The van der Waals surface area contributed by atoms with Crippen molar-refractivity contribution in [3.05, 3.63) is 30.1 Å². The van der Waals surface area contributed by atoms with Gasteiger partial charge in [-0.1, -0.05) is 19.9 Å². The van der Waals surface area contributed by atoms with Crippen molar-refractivity contribution in [3.63, 3.8) is 0 Å². The second-order valence-corrected chi connectivity index (χ2v) is 4.59. The maximum Gasteiger partial charge on any atom is 0.157 e. The molecule has 0 spiro atoms. The highest BCUT2D eigenvalue weighted by molar-refractivity contribution is 5.90. The molecule has 3 heteroatoms. The van der Waals surface area contributed by atoms with E-state index >= 15 is 0 Å². The summed E-state index contributed by atoms with van der Waals surface area (Å²) in [7, 11) is 3.96. The summed E-state index contributed by atoms with van der Waals surface area (Å²) in [6.45, 7) is 4.15. The number of carbonyl (C=O) groups is 1. The van der Waals surface area contributed by atoms with Gasteiger partial charge in [-0.05, 0) is 38.6 Å². The molecule has 0 aliphatic heterocycles. The van der Waals surface area contributed by atoms with Crippen LogP contribution >= 0.6 is 0 Å². The Labute approximate surface area is 104 Å². The van der Waals surface area contributed by atoms with Crippen LogP contribution < -0.4 is 0 Å². The van der Waals surface area contributed by atoms with Crippen LogP contribution in [0.1, 0.15) is 32.3 Å². The average molecular weight is 234 g/mol. The van der Waals surface area contributed by atoms with Crippen LogP contribution in [0.3, 0.4) is 0 Å². The first-order valence-corrected chi connectivity index (χ1v) is 6.16. The molecule has 0 aromatic carbocycles. The highest BCUT2D eigenvalue weighted by Gasteiger charge is 2.36. The Morgan fingerprint density at radius 3 is 2.41 bits per heavy atom. The van der Waals surface area contributed by atoms with Crippen LogP contribution in [0, 0.1) is 0 Å². The van der Waals surface area contributed by atoms with Crippen LogP contribution in [0.5, 0.6) is 0 Å². The molecule has 1 aromatic rings. The molecule has 0 radical (unpaired) electrons. The van der Waals surface area contributed by atoms with Crippen molar-refractivity contribution < 1.29 is 4.79 Å². The molecule has 0 aliphatic rings. The van der Waals surface area contributed by atoms with E-state index < -0.39 is 0 Å². The number of aromatic nitrogens is 1. The van der Waals surface area contributed by atoms with Crippen molar-refractivity contribution >= 4 is 5.78 Å². The van der Waals surface area contributed by atoms with Crippen molar-refractivity contribution in [2.24, 2.45) is 0 Å². The summed E-state index contributed by atoms with van der Waals surface area (Å²) in [6, 6.07) is 3.83. The molecule has 1 rings (SSSR count). The minimum Gasteiger partial charge on any atom is -0.297 e. The van der Waals surface area contributed by atoms with Gasteiger partial charge in [-0.25, -0.2) is 0 Å². The van der Waals surface area contributed by atoms with Crippen LogP contribution in [-0.2, 0) is 11.2 Å². The van der Waals surface area contributed by atoms with Gasteiger partial charge in [-0.2, -0.15) is 0 Å². The topological polar surface area (TPSA) is 33.2 Å². The van der Waals surface area contributed by atoms with Gasteiger partial charge in [0.05, 0.1) is 5.54 Å². The number of hydrogen-bond donors (Lipinski definition) is 0. The third kappa shape index (κ3) is 2.91. The van der Waals surface area contributed by atoms with Crippen LogP contribution in [0.2, 0.25) is 0 Å². The smallest absolute Gasteiger partial charge is 0.157 e. The summed E-state index contributed by atoms with van der Waals surface area (Å²) in [4.78, 5) is 18.6. The Balaban J connectivity index is 2.87. The molecule has 0 bridgehead atoms. The molecule has 94 valence electrons. The standard InChI is InChI=1S/C14H22N2O/c1-5-14(6-2,16(3)4)13(17)10-12-8-7-9-15-11-12/h7-9,11H,5-6,10H2,1-4H3. The minimum atomic E-state index is -0.337. The Morgan fingerprint density at radius 1 is 1.35 bits per heavy atom. The molecule has 0 atom stereocenters. The molecule has 1 heterocycles. The fourth-order valence-electron chi connectivity index (χ4n) is 2.38. The van der Waals surface area contributed by atoms with E-state index in [1.807, 2.05) is 31.1 Å². The van der Waals surface area contributed by atoms with Gasteiger partial charge >= 0.3 is 0 Å². The van der Waals surface area contributed by atoms with E-state index in [1.165, 1.54) is 0 Å². The monoisotopic (exact) mass is 234 g/mol. The maximum absolute atomic E-state index is 12.5. The SMILES string of the molecule is CCC(CC)(C(=O)Cc1cccnc1)N(C)C. The van der Waals surface area contributed by atoms with E-state index in [-0.39, 0.29) is 11.3 Å². The summed E-state index contributed by atoms with van der Waals surface area (Å²) in [5.74, 6) is 0.278. The molecular formula is C14H22N2O. The Morgan fingerprint density at radius 2 is 2.00 bits per heavy atom. The zero-order chi connectivity index (χ0) is 12.9. The van der Waals surface area contributed by atoms with E-state index in [1.54, 1.807) is 12.4 Å².